The largest absolute Gasteiger partial charge is 0.370 e. The van der Waals surface area contributed by atoms with Crippen LogP contribution in [0.2, 0.25) is 0 Å². The summed E-state index contributed by atoms with van der Waals surface area (Å²) in [5, 5.41) is 2.96. The summed E-state index contributed by atoms with van der Waals surface area (Å²) in [7, 11) is -3.90. The average Bonchev–Trinajstić information content (AvgIpc) is 2.89. The Kier molecular flexibility index (Phi) is 8.00. The molecule has 7 nitrogen and oxygen atoms in total. The van der Waals surface area contributed by atoms with E-state index in [1.165, 1.54) is 6.07 Å². The van der Waals surface area contributed by atoms with Crippen LogP contribution in [-0.4, -0.2) is 32.3 Å². The van der Waals surface area contributed by atoms with Crippen molar-refractivity contribution in [3.63, 3.8) is 0 Å². The maximum absolute atomic E-state index is 12.8. The molecule has 156 valence electrons. The van der Waals surface area contributed by atoms with Crippen LogP contribution in [0.1, 0.15) is 62.5 Å². The number of amides is 2. The second-order valence-corrected chi connectivity index (χ2v) is 9.34. The number of carbonyl (C=O) groups excluding carboxylic acids is 2. The summed E-state index contributed by atoms with van der Waals surface area (Å²) in [5.74, 6) is -0.974. The van der Waals surface area contributed by atoms with Gasteiger partial charge in [0.05, 0.1) is 4.90 Å². The van der Waals surface area contributed by atoms with Crippen LogP contribution in [0, 0.1) is 13.8 Å². The molecule has 1 unspecified atom stereocenters. The van der Waals surface area contributed by atoms with E-state index < -0.39 is 27.9 Å². The van der Waals surface area contributed by atoms with Gasteiger partial charge in [0.15, 0.2) is 0 Å². The Morgan fingerprint density at radius 1 is 1.11 bits per heavy atom. The second kappa shape index (κ2) is 10.0. The Labute approximate surface area is 167 Å². The van der Waals surface area contributed by atoms with Gasteiger partial charge in [0.2, 0.25) is 21.8 Å². The molecule has 1 saturated carbocycles. The van der Waals surface area contributed by atoms with E-state index in [0.29, 0.717) is 0 Å². The van der Waals surface area contributed by atoms with Crippen molar-refractivity contribution in [2.75, 3.05) is 0 Å². The highest BCUT2D eigenvalue weighted by Gasteiger charge is 2.28. The Morgan fingerprint density at radius 3 is 2.32 bits per heavy atom. The molecule has 0 bridgehead atoms. The number of carbonyl (C=O) groups is 2. The summed E-state index contributed by atoms with van der Waals surface area (Å²) >= 11 is 0. The summed E-state index contributed by atoms with van der Waals surface area (Å²) in [4.78, 5) is 24.1. The van der Waals surface area contributed by atoms with Crippen LogP contribution in [0.4, 0.5) is 0 Å². The molecule has 0 heterocycles. The highest BCUT2D eigenvalue weighted by Crippen LogP contribution is 2.18. The van der Waals surface area contributed by atoms with E-state index >= 15 is 0 Å². The topological polar surface area (TPSA) is 118 Å². The first kappa shape index (κ1) is 22.4. The van der Waals surface area contributed by atoms with Crippen LogP contribution in [0.15, 0.2) is 23.1 Å². The molecule has 1 aromatic carbocycles. The third-order valence-corrected chi connectivity index (χ3v) is 6.75. The lowest BCUT2D eigenvalue weighted by Gasteiger charge is -2.22. The third kappa shape index (κ3) is 6.60. The Bertz CT molecular complexity index is 800. The van der Waals surface area contributed by atoms with Gasteiger partial charge >= 0.3 is 0 Å². The molecule has 2 rings (SSSR count). The van der Waals surface area contributed by atoms with Crippen molar-refractivity contribution in [2.45, 2.75) is 82.2 Å². The van der Waals surface area contributed by atoms with Crippen molar-refractivity contribution < 1.29 is 18.0 Å². The minimum absolute atomic E-state index is 0.0258. The molecule has 4 N–H and O–H groups in total. The van der Waals surface area contributed by atoms with Crippen molar-refractivity contribution in [2.24, 2.45) is 5.73 Å². The smallest absolute Gasteiger partial charge is 0.241 e. The molecular weight excluding hydrogens is 378 g/mol. The van der Waals surface area contributed by atoms with E-state index in [0.717, 1.165) is 49.7 Å². The predicted molar refractivity (Wildman–Crippen MR) is 108 cm³/mol. The van der Waals surface area contributed by atoms with Crippen LogP contribution in [0.3, 0.4) is 0 Å². The highest BCUT2D eigenvalue weighted by atomic mass is 32.2. The number of primary amides is 1. The number of aryl methyl sites for hydroxylation is 2. The first-order chi connectivity index (χ1) is 13.2. The molecule has 1 aliphatic carbocycles. The SMILES string of the molecule is Cc1ccc(S(=O)(=O)NC(CCC(N)=O)C(=O)NC2CCCCCC2)cc1C. The first-order valence-corrected chi connectivity index (χ1v) is 11.4. The molecule has 1 atom stereocenters. The fraction of sp³-hybridized carbons (Fsp3) is 0.600. The number of hydrogen-bond donors (Lipinski definition) is 3. The van der Waals surface area contributed by atoms with E-state index in [-0.39, 0.29) is 23.8 Å². The molecule has 0 saturated heterocycles. The number of hydrogen-bond acceptors (Lipinski definition) is 4. The van der Waals surface area contributed by atoms with E-state index in [4.69, 9.17) is 5.73 Å². The van der Waals surface area contributed by atoms with Crippen LogP contribution >= 0.6 is 0 Å². The maximum Gasteiger partial charge on any atom is 0.241 e. The Balaban J connectivity index is 2.15. The van der Waals surface area contributed by atoms with Gasteiger partial charge in [0.1, 0.15) is 6.04 Å². The fourth-order valence-corrected chi connectivity index (χ4v) is 4.71. The molecule has 1 aromatic rings. The van der Waals surface area contributed by atoms with Crippen molar-refractivity contribution >= 4 is 21.8 Å². The maximum atomic E-state index is 12.8. The van der Waals surface area contributed by atoms with E-state index in [2.05, 4.69) is 10.0 Å². The Morgan fingerprint density at radius 2 is 1.75 bits per heavy atom. The number of nitrogens with two attached hydrogens (primary N) is 1. The molecule has 0 aromatic heterocycles. The van der Waals surface area contributed by atoms with Gasteiger partial charge in [-0.3, -0.25) is 9.59 Å². The fourth-order valence-electron chi connectivity index (χ4n) is 3.39. The summed E-state index contributed by atoms with van der Waals surface area (Å²) in [6, 6.07) is 3.82. The zero-order valence-corrected chi connectivity index (χ0v) is 17.5. The summed E-state index contributed by atoms with van der Waals surface area (Å²) in [5.41, 5.74) is 7.04. The molecule has 2 amide bonds. The van der Waals surface area contributed by atoms with Crippen molar-refractivity contribution in [1.82, 2.24) is 10.0 Å². The molecule has 0 radical (unpaired) electrons. The average molecular weight is 410 g/mol. The van der Waals surface area contributed by atoms with Crippen molar-refractivity contribution in [3.8, 4) is 0 Å². The molecule has 0 aliphatic heterocycles. The van der Waals surface area contributed by atoms with Crippen molar-refractivity contribution in [3.05, 3.63) is 29.3 Å². The van der Waals surface area contributed by atoms with Gasteiger partial charge in [-0.05, 0) is 56.4 Å². The molecule has 8 heteroatoms. The predicted octanol–water partition coefficient (Wildman–Crippen LogP) is 2.05. The number of nitrogens with one attached hydrogen (secondary N) is 2. The molecule has 1 fully saturated rings. The van der Waals surface area contributed by atoms with Crippen LogP contribution in [0.5, 0.6) is 0 Å². The minimum Gasteiger partial charge on any atom is -0.370 e. The summed E-state index contributed by atoms with van der Waals surface area (Å²) in [6.07, 6.45) is 6.12. The molecule has 0 spiro atoms. The van der Waals surface area contributed by atoms with Crippen molar-refractivity contribution in [1.29, 1.82) is 0 Å². The lowest BCUT2D eigenvalue weighted by molar-refractivity contribution is -0.124. The lowest BCUT2D eigenvalue weighted by atomic mass is 10.1. The number of rotatable bonds is 8. The van der Waals surface area contributed by atoms with Crippen LogP contribution in [-0.2, 0) is 19.6 Å². The highest BCUT2D eigenvalue weighted by molar-refractivity contribution is 7.89. The van der Waals surface area contributed by atoms with E-state index in [1.54, 1.807) is 12.1 Å². The standard InChI is InChI=1S/C20H31N3O4S/c1-14-9-10-17(13-15(14)2)28(26,27)23-18(11-12-19(21)24)20(25)22-16-7-5-3-4-6-8-16/h9-10,13,16,18,23H,3-8,11-12H2,1-2H3,(H2,21,24)(H,22,25). The first-order valence-electron chi connectivity index (χ1n) is 9.87. The van der Waals surface area contributed by atoms with Gasteiger partial charge in [-0.25, -0.2) is 8.42 Å². The van der Waals surface area contributed by atoms with Crippen LogP contribution < -0.4 is 15.8 Å². The second-order valence-electron chi connectivity index (χ2n) is 7.62. The van der Waals surface area contributed by atoms with Gasteiger partial charge in [0.25, 0.3) is 0 Å². The molecular formula is C20H31N3O4S. The quantitative estimate of drug-likeness (QED) is 0.569. The summed E-state index contributed by atoms with van der Waals surface area (Å²) < 4.78 is 28.1. The zero-order valence-electron chi connectivity index (χ0n) is 16.7. The minimum atomic E-state index is -3.90. The van der Waals surface area contributed by atoms with Gasteiger partial charge in [-0.2, -0.15) is 4.72 Å². The molecule has 1 aliphatic rings. The lowest BCUT2D eigenvalue weighted by Crippen LogP contribution is -2.49. The van der Waals surface area contributed by atoms with E-state index in [1.807, 2.05) is 13.8 Å². The zero-order chi connectivity index (χ0) is 20.7. The van der Waals surface area contributed by atoms with Gasteiger partial charge < -0.3 is 11.1 Å². The van der Waals surface area contributed by atoms with E-state index in [9.17, 15) is 18.0 Å². The molecule has 28 heavy (non-hydrogen) atoms. The van der Waals surface area contributed by atoms with Gasteiger partial charge in [-0.15, -0.1) is 0 Å². The third-order valence-electron chi connectivity index (χ3n) is 5.28. The van der Waals surface area contributed by atoms with Gasteiger partial charge in [0, 0.05) is 12.5 Å². The van der Waals surface area contributed by atoms with Gasteiger partial charge in [-0.1, -0.05) is 31.7 Å². The summed E-state index contributed by atoms with van der Waals surface area (Å²) in [6.45, 7) is 3.73. The monoisotopic (exact) mass is 409 g/mol. The number of sulfonamides is 1. The van der Waals surface area contributed by atoms with Crippen LogP contribution in [0.25, 0.3) is 0 Å². The number of benzene rings is 1. The Hall–Kier alpha value is -1.93. The normalized spacial score (nSPS) is 16.9.